The van der Waals surface area contributed by atoms with E-state index in [1.165, 1.54) is 6.07 Å². The Hall–Kier alpha value is -1.29. The molecule has 2 nitrogen and oxygen atoms in total. The summed E-state index contributed by atoms with van der Waals surface area (Å²) in [6, 6.07) is 9.91. The molecule has 0 aliphatic rings. The number of aromatic nitrogens is 2. The first-order valence-corrected chi connectivity index (χ1v) is 7.58. The molecule has 0 fully saturated rings. The third-order valence-corrected chi connectivity index (χ3v) is 3.97. The van der Waals surface area contributed by atoms with Gasteiger partial charge in [-0.1, -0.05) is 35.3 Å². The highest BCUT2D eigenvalue weighted by atomic mass is 35.5. The van der Waals surface area contributed by atoms with Gasteiger partial charge < -0.3 is 0 Å². The SMILES string of the molecule is Fc1cccc(Cl)c1-n1c(CCCl)nc2cccc(Cl)c21. The standard InChI is InChI=1S/C15H10Cl3FN2/c16-8-7-13-20-12-6-2-4-10(18)15(12)21(13)14-9(17)3-1-5-11(14)19/h1-6H,7-8H2. The molecule has 0 aliphatic carbocycles. The van der Waals surface area contributed by atoms with Crippen LogP contribution in [0, 0.1) is 5.82 Å². The highest BCUT2D eigenvalue weighted by Crippen LogP contribution is 2.32. The van der Waals surface area contributed by atoms with Crippen molar-refractivity contribution in [2.24, 2.45) is 0 Å². The molecule has 1 aromatic heterocycles. The molecule has 6 heteroatoms. The minimum absolute atomic E-state index is 0.245. The zero-order valence-corrected chi connectivity index (χ0v) is 13.1. The van der Waals surface area contributed by atoms with E-state index in [1.807, 2.05) is 6.07 Å². The summed E-state index contributed by atoms with van der Waals surface area (Å²) in [6.07, 6.45) is 0.483. The molecule has 21 heavy (non-hydrogen) atoms. The van der Waals surface area contributed by atoms with E-state index in [0.29, 0.717) is 39.2 Å². The number of hydrogen-bond donors (Lipinski definition) is 0. The van der Waals surface area contributed by atoms with Gasteiger partial charge in [0.15, 0.2) is 0 Å². The molecule has 0 radical (unpaired) electrons. The predicted octanol–water partition coefficient (Wildman–Crippen LogP) is 5.25. The Morgan fingerprint density at radius 3 is 2.48 bits per heavy atom. The van der Waals surface area contributed by atoms with Gasteiger partial charge in [-0.3, -0.25) is 4.57 Å². The first-order valence-electron chi connectivity index (χ1n) is 6.29. The van der Waals surface area contributed by atoms with Gasteiger partial charge in [-0.15, -0.1) is 11.6 Å². The van der Waals surface area contributed by atoms with E-state index in [0.717, 1.165) is 0 Å². The number of para-hydroxylation sites is 2. The Balaban J connectivity index is 2.42. The largest absolute Gasteiger partial charge is 0.290 e. The molecular weight excluding hydrogens is 334 g/mol. The molecule has 0 atom stereocenters. The lowest BCUT2D eigenvalue weighted by molar-refractivity contribution is 0.617. The highest BCUT2D eigenvalue weighted by molar-refractivity contribution is 6.35. The minimum atomic E-state index is -0.433. The van der Waals surface area contributed by atoms with Gasteiger partial charge >= 0.3 is 0 Å². The Morgan fingerprint density at radius 2 is 1.76 bits per heavy atom. The molecular formula is C15H10Cl3FN2. The third-order valence-electron chi connectivity index (χ3n) is 3.18. The number of nitrogens with zero attached hydrogens (tertiary/aromatic N) is 2. The lowest BCUT2D eigenvalue weighted by Gasteiger charge is -2.12. The van der Waals surface area contributed by atoms with Gasteiger partial charge in [0.25, 0.3) is 0 Å². The summed E-state index contributed by atoms with van der Waals surface area (Å²) in [5.74, 6) is 0.560. The molecule has 0 spiro atoms. The summed E-state index contributed by atoms with van der Waals surface area (Å²) in [5.41, 5.74) is 1.56. The second kappa shape index (κ2) is 5.84. The number of hydrogen-bond acceptors (Lipinski definition) is 1. The molecule has 0 unspecified atom stereocenters. The number of benzene rings is 2. The average molecular weight is 344 g/mol. The van der Waals surface area contributed by atoms with Crippen molar-refractivity contribution < 1.29 is 4.39 Å². The van der Waals surface area contributed by atoms with Crippen LogP contribution in [-0.4, -0.2) is 15.4 Å². The molecule has 1 heterocycles. The van der Waals surface area contributed by atoms with Crippen molar-refractivity contribution >= 4 is 45.8 Å². The molecule has 0 aliphatic heterocycles. The average Bonchev–Trinajstić information content (AvgIpc) is 2.79. The van der Waals surface area contributed by atoms with Crippen molar-refractivity contribution in [3.63, 3.8) is 0 Å². The first-order chi connectivity index (χ1) is 10.1. The zero-order chi connectivity index (χ0) is 15.0. The molecule has 0 saturated heterocycles. The van der Waals surface area contributed by atoms with Gasteiger partial charge in [0.05, 0.1) is 21.1 Å². The maximum Gasteiger partial charge on any atom is 0.148 e. The summed E-state index contributed by atoms with van der Waals surface area (Å²) < 4.78 is 15.9. The van der Waals surface area contributed by atoms with Gasteiger partial charge in [0.2, 0.25) is 0 Å². The number of fused-ring (bicyclic) bond motifs is 1. The number of aryl methyl sites for hydroxylation is 1. The molecule has 108 valence electrons. The Morgan fingerprint density at radius 1 is 1.05 bits per heavy atom. The van der Waals surface area contributed by atoms with Crippen LogP contribution in [0.1, 0.15) is 5.82 Å². The van der Waals surface area contributed by atoms with Crippen LogP contribution in [0.2, 0.25) is 10.0 Å². The first kappa shape index (κ1) is 14.6. The van der Waals surface area contributed by atoms with Crippen LogP contribution in [0.15, 0.2) is 36.4 Å². The summed E-state index contributed by atoms with van der Waals surface area (Å²) in [7, 11) is 0. The second-order valence-electron chi connectivity index (χ2n) is 4.48. The van der Waals surface area contributed by atoms with Crippen molar-refractivity contribution in [2.75, 3.05) is 5.88 Å². The fraction of sp³-hybridized carbons (Fsp3) is 0.133. The van der Waals surface area contributed by atoms with Gasteiger partial charge in [0.1, 0.15) is 17.3 Å². The maximum absolute atomic E-state index is 14.3. The van der Waals surface area contributed by atoms with Crippen molar-refractivity contribution in [1.29, 1.82) is 0 Å². The lowest BCUT2D eigenvalue weighted by atomic mass is 10.2. The fourth-order valence-corrected chi connectivity index (χ4v) is 3.00. The van der Waals surface area contributed by atoms with Crippen LogP contribution >= 0.6 is 34.8 Å². The Bertz CT molecular complexity index is 794. The third kappa shape index (κ3) is 2.50. The monoisotopic (exact) mass is 342 g/mol. The van der Waals surface area contributed by atoms with Crippen LogP contribution in [-0.2, 0) is 6.42 Å². The van der Waals surface area contributed by atoms with E-state index >= 15 is 0 Å². The van der Waals surface area contributed by atoms with Crippen LogP contribution < -0.4 is 0 Å². The maximum atomic E-state index is 14.3. The normalized spacial score (nSPS) is 11.2. The molecule has 2 aromatic carbocycles. The van der Waals surface area contributed by atoms with Crippen LogP contribution in [0.4, 0.5) is 4.39 Å². The Kier molecular flexibility index (Phi) is 4.07. The van der Waals surface area contributed by atoms with Crippen molar-refractivity contribution in [3.05, 3.63) is 58.1 Å². The molecule has 0 saturated carbocycles. The summed E-state index contributed by atoms with van der Waals surface area (Å²) in [6.45, 7) is 0. The van der Waals surface area contributed by atoms with Gasteiger partial charge in [-0.25, -0.2) is 9.37 Å². The van der Waals surface area contributed by atoms with E-state index in [1.54, 1.807) is 28.8 Å². The summed E-state index contributed by atoms with van der Waals surface area (Å²) in [4.78, 5) is 4.49. The van der Waals surface area contributed by atoms with Crippen molar-refractivity contribution in [1.82, 2.24) is 9.55 Å². The van der Waals surface area contributed by atoms with E-state index in [2.05, 4.69) is 4.98 Å². The predicted molar refractivity (Wildman–Crippen MR) is 85.5 cm³/mol. The zero-order valence-electron chi connectivity index (χ0n) is 10.8. The lowest BCUT2D eigenvalue weighted by Crippen LogP contribution is -2.05. The number of alkyl halides is 1. The van der Waals surface area contributed by atoms with E-state index < -0.39 is 5.82 Å². The van der Waals surface area contributed by atoms with Gasteiger partial charge in [-0.05, 0) is 24.3 Å². The quantitative estimate of drug-likeness (QED) is 0.594. The fourth-order valence-electron chi connectivity index (χ4n) is 2.33. The smallest absolute Gasteiger partial charge is 0.148 e. The number of imidazole rings is 1. The van der Waals surface area contributed by atoms with E-state index in [-0.39, 0.29) is 5.69 Å². The molecule has 3 rings (SSSR count). The van der Waals surface area contributed by atoms with Gasteiger partial charge in [-0.2, -0.15) is 0 Å². The topological polar surface area (TPSA) is 17.8 Å². The minimum Gasteiger partial charge on any atom is -0.290 e. The number of halogens is 4. The van der Waals surface area contributed by atoms with Gasteiger partial charge in [0, 0.05) is 12.3 Å². The summed E-state index contributed by atoms with van der Waals surface area (Å²) >= 11 is 18.3. The second-order valence-corrected chi connectivity index (χ2v) is 5.67. The molecule has 0 amide bonds. The van der Waals surface area contributed by atoms with E-state index in [4.69, 9.17) is 34.8 Å². The van der Waals surface area contributed by atoms with Crippen LogP contribution in [0.3, 0.4) is 0 Å². The highest BCUT2D eigenvalue weighted by Gasteiger charge is 2.19. The number of rotatable bonds is 3. The van der Waals surface area contributed by atoms with Crippen molar-refractivity contribution in [3.8, 4) is 5.69 Å². The van der Waals surface area contributed by atoms with E-state index in [9.17, 15) is 4.39 Å². The van der Waals surface area contributed by atoms with Crippen LogP contribution in [0.25, 0.3) is 16.7 Å². The van der Waals surface area contributed by atoms with Crippen molar-refractivity contribution in [2.45, 2.75) is 6.42 Å². The Labute approximate surface area is 136 Å². The summed E-state index contributed by atoms with van der Waals surface area (Å²) in [5, 5.41) is 0.783. The van der Waals surface area contributed by atoms with Crippen LogP contribution in [0.5, 0.6) is 0 Å². The molecule has 3 aromatic rings. The molecule has 0 bridgehead atoms. The molecule has 0 N–H and O–H groups in total.